The van der Waals surface area contributed by atoms with Crippen molar-refractivity contribution >= 4 is 17.1 Å². The molecule has 1 aliphatic rings. The molecule has 7 heteroatoms. The number of aromatic amines is 1. The fraction of sp³-hybridized carbons (Fsp3) is 0.278. The Hall–Kier alpha value is -2.96. The molecule has 1 atom stereocenters. The molecule has 0 radical (unpaired) electrons. The van der Waals surface area contributed by atoms with Crippen LogP contribution in [0.25, 0.3) is 11.2 Å². The molecule has 0 bridgehead atoms. The molecule has 4 rings (SSSR count). The van der Waals surface area contributed by atoms with Crippen LogP contribution in [0.15, 0.2) is 36.7 Å². The highest BCUT2D eigenvalue weighted by Crippen LogP contribution is 2.32. The van der Waals surface area contributed by atoms with Gasteiger partial charge in [0.05, 0.1) is 11.8 Å². The molecule has 1 fully saturated rings. The summed E-state index contributed by atoms with van der Waals surface area (Å²) >= 11 is 0. The Morgan fingerprint density at radius 3 is 2.96 bits per heavy atom. The van der Waals surface area contributed by atoms with Gasteiger partial charge in [-0.25, -0.2) is 14.4 Å². The van der Waals surface area contributed by atoms with Crippen LogP contribution in [0.4, 0.5) is 4.39 Å². The van der Waals surface area contributed by atoms with Gasteiger partial charge in [0, 0.05) is 12.2 Å². The Kier molecular flexibility index (Phi) is 3.83. The quantitative estimate of drug-likeness (QED) is 0.746. The molecule has 2 aromatic heterocycles. The Morgan fingerprint density at radius 1 is 1.40 bits per heavy atom. The highest BCUT2D eigenvalue weighted by atomic mass is 19.1. The molecule has 6 nitrogen and oxygen atoms in total. The van der Waals surface area contributed by atoms with Crippen LogP contribution < -0.4 is 10.1 Å². The van der Waals surface area contributed by atoms with Gasteiger partial charge in [-0.15, -0.1) is 0 Å². The number of rotatable bonds is 5. The molecule has 128 valence electrons. The molecule has 0 spiro atoms. The Bertz CT molecular complexity index is 936. The summed E-state index contributed by atoms with van der Waals surface area (Å²) in [7, 11) is 0. The maximum Gasteiger partial charge on any atom is 0.255 e. The predicted molar refractivity (Wildman–Crippen MR) is 90.0 cm³/mol. The fourth-order valence-corrected chi connectivity index (χ4v) is 2.74. The Morgan fingerprint density at radius 2 is 2.20 bits per heavy atom. The third-order valence-corrected chi connectivity index (χ3v) is 4.34. The van der Waals surface area contributed by atoms with E-state index in [2.05, 4.69) is 20.3 Å². The number of nitrogens with one attached hydrogen (secondary N) is 2. The number of aromatic nitrogens is 3. The van der Waals surface area contributed by atoms with Crippen molar-refractivity contribution < 1.29 is 13.9 Å². The number of carbonyl (C=O) groups excluding carboxylic acids is 1. The number of para-hydroxylation sites is 1. The summed E-state index contributed by atoms with van der Waals surface area (Å²) in [4.78, 5) is 23.9. The average Bonchev–Trinajstić information content (AvgIpc) is 3.37. The van der Waals surface area contributed by atoms with E-state index in [9.17, 15) is 9.18 Å². The SMILES string of the molecule is CC(NC(=O)c1c[nH]c2ncc(Oc3ccccc3F)nc12)C1CC1. The van der Waals surface area contributed by atoms with E-state index in [0.717, 1.165) is 12.8 Å². The van der Waals surface area contributed by atoms with Gasteiger partial charge in [-0.05, 0) is 37.8 Å². The second-order valence-corrected chi connectivity index (χ2v) is 6.24. The highest BCUT2D eigenvalue weighted by molar-refractivity contribution is 6.04. The van der Waals surface area contributed by atoms with E-state index in [4.69, 9.17) is 4.74 Å². The van der Waals surface area contributed by atoms with Crippen LogP contribution in [0.3, 0.4) is 0 Å². The minimum Gasteiger partial charge on any atom is -0.434 e. The predicted octanol–water partition coefficient (Wildman–Crippen LogP) is 3.42. The fourth-order valence-electron chi connectivity index (χ4n) is 2.74. The number of ether oxygens (including phenoxy) is 1. The molecule has 2 heterocycles. The normalized spacial score (nSPS) is 15.1. The van der Waals surface area contributed by atoms with Crippen molar-refractivity contribution in [2.24, 2.45) is 5.92 Å². The van der Waals surface area contributed by atoms with E-state index in [0.29, 0.717) is 22.6 Å². The van der Waals surface area contributed by atoms with Gasteiger partial charge in [-0.3, -0.25) is 4.79 Å². The van der Waals surface area contributed by atoms with E-state index in [1.807, 2.05) is 6.92 Å². The lowest BCUT2D eigenvalue weighted by Gasteiger charge is -2.12. The molecule has 1 aromatic carbocycles. The van der Waals surface area contributed by atoms with Crippen LogP contribution in [0.1, 0.15) is 30.1 Å². The monoisotopic (exact) mass is 340 g/mol. The summed E-state index contributed by atoms with van der Waals surface area (Å²) < 4.78 is 19.2. The molecule has 3 aromatic rings. The summed E-state index contributed by atoms with van der Waals surface area (Å²) in [6, 6.07) is 6.17. The number of halogens is 1. The number of fused-ring (bicyclic) bond motifs is 1. The molecule has 2 N–H and O–H groups in total. The standard InChI is InChI=1S/C18H17FN4O2/c1-10(11-6-7-11)22-18(24)12-8-20-17-16(12)23-15(9-21-17)25-14-5-3-2-4-13(14)19/h2-5,8-11H,6-7H2,1H3,(H,20,21)(H,22,24). The first-order valence-electron chi connectivity index (χ1n) is 8.19. The van der Waals surface area contributed by atoms with E-state index >= 15 is 0 Å². The second-order valence-electron chi connectivity index (χ2n) is 6.24. The Labute approximate surface area is 143 Å². The zero-order chi connectivity index (χ0) is 17.4. The molecule has 1 amide bonds. The van der Waals surface area contributed by atoms with Crippen LogP contribution in [0.2, 0.25) is 0 Å². The first kappa shape index (κ1) is 15.6. The van der Waals surface area contributed by atoms with Gasteiger partial charge in [0.2, 0.25) is 5.88 Å². The van der Waals surface area contributed by atoms with Crippen molar-refractivity contribution in [2.75, 3.05) is 0 Å². The lowest BCUT2D eigenvalue weighted by Crippen LogP contribution is -2.33. The number of carbonyl (C=O) groups is 1. The molecule has 0 aliphatic heterocycles. The highest BCUT2D eigenvalue weighted by Gasteiger charge is 2.29. The minimum atomic E-state index is -0.491. The van der Waals surface area contributed by atoms with E-state index in [-0.39, 0.29) is 23.6 Å². The van der Waals surface area contributed by atoms with Crippen LogP contribution in [0, 0.1) is 11.7 Å². The molecule has 0 saturated heterocycles. The van der Waals surface area contributed by atoms with Crippen molar-refractivity contribution in [3.05, 3.63) is 48.0 Å². The summed E-state index contributed by atoms with van der Waals surface area (Å²) in [6.45, 7) is 2.00. The number of hydrogen-bond donors (Lipinski definition) is 2. The van der Waals surface area contributed by atoms with E-state index in [1.165, 1.54) is 18.3 Å². The van der Waals surface area contributed by atoms with Gasteiger partial charge >= 0.3 is 0 Å². The van der Waals surface area contributed by atoms with Gasteiger partial charge < -0.3 is 15.0 Å². The first-order valence-corrected chi connectivity index (χ1v) is 8.19. The minimum absolute atomic E-state index is 0.0556. The van der Waals surface area contributed by atoms with Gasteiger partial charge in [-0.2, -0.15) is 0 Å². The molecular weight excluding hydrogens is 323 g/mol. The Balaban J connectivity index is 1.61. The second kappa shape index (κ2) is 6.16. The van der Waals surface area contributed by atoms with E-state index in [1.54, 1.807) is 18.3 Å². The first-order chi connectivity index (χ1) is 12.1. The molecular formula is C18H17FN4O2. The van der Waals surface area contributed by atoms with Crippen LogP contribution in [-0.4, -0.2) is 26.9 Å². The van der Waals surface area contributed by atoms with Crippen molar-refractivity contribution in [3.8, 4) is 11.6 Å². The zero-order valence-corrected chi connectivity index (χ0v) is 13.6. The molecule has 1 unspecified atom stereocenters. The summed E-state index contributed by atoms with van der Waals surface area (Å²) in [5.41, 5.74) is 1.27. The topological polar surface area (TPSA) is 79.9 Å². The zero-order valence-electron chi connectivity index (χ0n) is 13.6. The van der Waals surface area contributed by atoms with Gasteiger partial charge in [-0.1, -0.05) is 12.1 Å². The van der Waals surface area contributed by atoms with Gasteiger partial charge in [0.15, 0.2) is 17.2 Å². The number of H-pyrrole nitrogens is 1. The van der Waals surface area contributed by atoms with Crippen LogP contribution >= 0.6 is 0 Å². The summed E-state index contributed by atoms with van der Waals surface area (Å²) in [6.07, 6.45) is 5.26. The maximum absolute atomic E-state index is 13.7. The number of benzene rings is 1. The summed E-state index contributed by atoms with van der Waals surface area (Å²) in [5, 5.41) is 2.99. The average molecular weight is 340 g/mol. The summed E-state index contributed by atoms with van der Waals surface area (Å²) in [5.74, 6) is 0.0411. The smallest absolute Gasteiger partial charge is 0.255 e. The van der Waals surface area contributed by atoms with Crippen LogP contribution in [0.5, 0.6) is 11.6 Å². The maximum atomic E-state index is 13.7. The third-order valence-electron chi connectivity index (χ3n) is 4.34. The molecule has 1 aliphatic carbocycles. The van der Waals surface area contributed by atoms with Crippen molar-refractivity contribution in [2.45, 2.75) is 25.8 Å². The lowest BCUT2D eigenvalue weighted by molar-refractivity contribution is 0.0937. The van der Waals surface area contributed by atoms with Gasteiger partial charge in [0.1, 0.15) is 5.52 Å². The number of amides is 1. The van der Waals surface area contributed by atoms with Gasteiger partial charge in [0.25, 0.3) is 5.91 Å². The molecule has 1 saturated carbocycles. The van der Waals surface area contributed by atoms with Crippen molar-refractivity contribution in [3.63, 3.8) is 0 Å². The molecule has 25 heavy (non-hydrogen) atoms. The lowest BCUT2D eigenvalue weighted by atomic mass is 10.2. The van der Waals surface area contributed by atoms with Crippen molar-refractivity contribution in [1.82, 2.24) is 20.3 Å². The van der Waals surface area contributed by atoms with Crippen molar-refractivity contribution in [1.29, 1.82) is 0 Å². The third kappa shape index (κ3) is 3.17. The largest absolute Gasteiger partial charge is 0.434 e. The number of hydrogen-bond acceptors (Lipinski definition) is 4. The van der Waals surface area contributed by atoms with E-state index < -0.39 is 5.82 Å². The van der Waals surface area contributed by atoms with Crippen LogP contribution in [-0.2, 0) is 0 Å². The number of nitrogens with zero attached hydrogens (tertiary/aromatic N) is 2.